The average Bonchev–Trinajstić information content (AvgIpc) is 3.41. The number of halogens is 2. The number of hydrogen-bond donors (Lipinski definition) is 3. The highest BCUT2D eigenvalue weighted by Gasteiger charge is 2.51. The molecule has 5 aliphatic rings. The van der Waals surface area contributed by atoms with E-state index in [2.05, 4.69) is 10.3 Å². The summed E-state index contributed by atoms with van der Waals surface area (Å²) in [7, 11) is 0. The first-order valence-corrected chi connectivity index (χ1v) is 17.0. The van der Waals surface area contributed by atoms with E-state index >= 15 is 0 Å². The number of H-pyrrole nitrogens is 1. The Morgan fingerprint density at radius 2 is 1.74 bits per heavy atom. The number of hydrogen-bond acceptors (Lipinski definition) is 5. The third-order valence-corrected chi connectivity index (χ3v) is 11.3. The van der Waals surface area contributed by atoms with Gasteiger partial charge in [0, 0.05) is 47.9 Å². The number of carboxylic acid groups (broad SMARTS) is 1. The van der Waals surface area contributed by atoms with E-state index in [0.29, 0.717) is 34.1 Å². The number of carbonyl (C=O) groups is 3. The van der Waals surface area contributed by atoms with Crippen LogP contribution in [0.1, 0.15) is 57.4 Å². The molecule has 2 heterocycles. The summed E-state index contributed by atoms with van der Waals surface area (Å²) in [5.74, 6) is 0.969. The number of rotatable bonds is 8. The van der Waals surface area contributed by atoms with Gasteiger partial charge in [0.15, 0.2) is 0 Å². The van der Waals surface area contributed by atoms with E-state index in [4.69, 9.17) is 32.7 Å². The molecule has 11 heteroatoms. The van der Waals surface area contributed by atoms with Crippen LogP contribution in [0, 0.1) is 23.7 Å². The van der Waals surface area contributed by atoms with Gasteiger partial charge in [0.1, 0.15) is 29.5 Å². The van der Waals surface area contributed by atoms with Gasteiger partial charge in [-0.15, -0.1) is 0 Å². The van der Waals surface area contributed by atoms with Gasteiger partial charge in [0.2, 0.25) is 5.91 Å². The highest BCUT2D eigenvalue weighted by molar-refractivity contribution is 6.35. The number of piperidine rings is 1. The van der Waals surface area contributed by atoms with E-state index in [9.17, 15) is 19.5 Å². The lowest BCUT2D eigenvalue weighted by atomic mass is 9.55. The van der Waals surface area contributed by atoms with Gasteiger partial charge in [0.05, 0.1) is 5.02 Å². The molecule has 46 heavy (non-hydrogen) atoms. The van der Waals surface area contributed by atoms with Gasteiger partial charge in [0.25, 0.3) is 0 Å². The number of aromatic amines is 1. The van der Waals surface area contributed by atoms with E-state index in [0.717, 1.165) is 54.0 Å². The number of nitrogens with zero attached hydrogens (tertiary/aromatic N) is 1. The number of aliphatic carboxylic acids is 1. The molecule has 1 aliphatic heterocycles. The van der Waals surface area contributed by atoms with Crippen LogP contribution in [0.2, 0.25) is 10.0 Å². The summed E-state index contributed by atoms with van der Waals surface area (Å²) in [6.45, 7) is 1.80. The fraction of sp³-hybridized carbons (Fsp3) is 0.514. The van der Waals surface area contributed by atoms with Crippen LogP contribution in [0.3, 0.4) is 0 Å². The molecule has 2 aromatic carbocycles. The van der Waals surface area contributed by atoms with Crippen LogP contribution >= 0.6 is 23.2 Å². The summed E-state index contributed by atoms with van der Waals surface area (Å²) in [4.78, 5) is 45.4. The van der Waals surface area contributed by atoms with E-state index in [1.165, 1.54) is 11.3 Å². The van der Waals surface area contributed by atoms with Crippen molar-refractivity contribution in [2.75, 3.05) is 6.54 Å². The van der Waals surface area contributed by atoms with Crippen molar-refractivity contribution in [1.82, 2.24) is 15.2 Å². The van der Waals surface area contributed by atoms with Crippen LogP contribution < -0.4 is 10.1 Å². The molecule has 244 valence electrons. The zero-order valence-corrected chi connectivity index (χ0v) is 27.2. The summed E-state index contributed by atoms with van der Waals surface area (Å²) in [6, 6.07) is 11.5. The number of aromatic nitrogens is 1. The Morgan fingerprint density at radius 3 is 2.43 bits per heavy atom. The van der Waals surface area contributed by atoms with E-state index in [1.54, 1.807) is 25.1 Å². The minimum atomic E-state index is -1.48. The van der Waals surface area contributed by atoms with Crippen LogP contribution in [0.15, 0.2) is 48.7 Å². The quantitative estimate of drug-likeness (QED) is 0.242. The second-order valence-electron chi connectivity index (χ2n) is 14.0. The van der Waals surface area contributed by atoms with Crippen molar-refractivity contribution in [1.29, 1.82) is 0 Å². The smallest absolute Gasteiger partial charge is 0.408 e. The maximum Gasteiger partial charge on any atom is 0.408 e. The molecule has 9 nitrogen and oxygen atoms in total. The molecule has 0 radical (unpaired) electrons. The SMILES string of the molecule is C[C@@](Cc1c[nH]c2ccccc12)(NC(=O)OC1C2CC3CC(C2)CC1C3)C(=O)N1CC[C@H](Oc2ccc(Cl)cc2Cl)C[C@@H]1C(=O)O. The van der Waals surface area contributed by atoms with Crippen LogP contribution in [0.5, 0.6) is 5.75 Å². The molecule has 0 spiro atoms. The van der Waals surface area contributed by atoms with E-state index in [1.807, 2.05) is 30.5 Å². The minimum Gasteiger partial charge on any atom is -0.489 e. The largest absolute Gasteiger partial charge is 0.489 e. The number of carbonyl (C=O) groups excluding carboxylic acids is 2. The average molecular weight is 669 g/mol. The fourth-order valence-corrected chi connectivity index (χ4v) is 9.32. The summed E-state index contributed by atoms with van der Waals surface area (Å²) in [5, 5.41) is 15.0. The molecule has 1 aromatic heterocycles. The van der Waals surface area contributed by atoms with Crippen molar-refractivity contribution in [3.8, 4) is 5.75 Å². The van der Waals surface area contributed by atoms with Gasteiger partial charge in [-0.05, 0) is 92.5 Å². The standard InChI is InChI=1S/C35H39Cl2N3O6/c1-35(17-23-18-38-28-5-3-2-4-26(23)28,39-34(44)46-31-21-11-19-10-20(13-21)14-22(31)12-19)33(43)40-9-8-25(16-29(40)32(41)42)45-30-7-6-24(36)15-27(30)37/h2-7,15,18-22,25,29,31,38H,8-14,16-17H2,1H3,(H,39,44)(H,41,42)/t19?,20?,21?,22?,25-,29+,31?,35-/m0/s1. The maximum absolute atomic E-state index is 14.5. The molecule has 2 amide bonds. The summed E-state index contributed by atoms with van der Waals surface area (Å²) in [5.41, 5.74) is 0.268. The molecule has 5 fully saturated rings. The zero-order chi connectivity index (χ0) is 32.2. The molecule has 3 N–H and O–H groups in total. The lowest BCUT2D eigenvalue weighted by Crippen LogP contribution is -2.64. The molecule has 3 atom stereocenters. The molecule has 8 rings (SSSR count). The number of amides is 2. The highest BCUT2D eigenvalue weighted by Crippen LogP contribution is 2.54. The second kappa shape index (κ2) is 12.3. The Labute approximate surface area is 277 Å². The monoisotopic (exact) mass is 667 g/mol. The minimum absolute atomic E-state index is 0.0570. The molecule has 4 saturated carbocycles. The molecule has 4 bridgehead atoms. The maximum atomic E-state index is 14.5. The van der Waals surface area contributed by atoms with Gasteiger partial charge < -0.3 is 29.8 Å². The number of nitrogens with one attached hydrogen (secondary N) is 2. The number of para-hydroxylation sites is 1. The molecule has 1 saturated heterocycles. The van der Waals surface area contributed by atoms with E-state index in [-0.39, 0.29) is 25.5 Å². The topological polar surface area (TPSA) is 121 Å². The summed E-state index contributed by atoms with van der Waals surface area (Å²) < 4.78 is 12.2. The predicted octanol–water partition coefficient (Wildman–Crippen LogP) is 6.85. The van der Waals surface area contributed by atoms with Crippen LogP contribution in [0.25, 0.3) is 10.9 Å². The fourth-order valence-electron chi connectivity index (χ4n) is 8.86. The van der Waals surface area contributed by atoms with Crippen LogP contribution in [0.4, 0.5) is 4.79 Å². The first kappa shape index (κ1) is 31.2. The van der Waals surface area contributed by atoms with Crippen molar-refractivity contribution in [2.24, 2.45) is 23.7 Å². The molecule has 3 aromatic rings. The van der Waals surface area contributed by atoms with Crippen molar-refractivity contribution in [3.63, 3.8) is 0 Å². The Bertz CT molecular complexity index is 1630. The molecular formula is C35H39Cl2N3O6. The van der Waals surface area contributed by atoms with Gasteiger partial charge in [-0.3, -0.25) is 4.79 Å². The van der Waals surface area contributed by atoms with Gasteiger partial charge in [-0.1, -0.05) is 41.4 Å². The Hall–Kier alpha value is -3.43. The Morgan fingerprint density at radius 1 is 1.02 bits per heavy atom. The third-order valence-electron chi connectivity index (χ3n) is 10.7. The van der Waals surface area contributed by atoms with Crippen LogP contribution in [-0.4, -0.2) is 63.3 Å². The normalized spacial score (nSPS) is 29.7. The molecule has 4 aliphatic carbocycles. The Balaban J connectivity index is 1.12. The third kappa shape index (κ3) is 6.04. The summed E-state index contributed by atoms with van der Waals surface area (Å²) >= 11 is 12.3. The van der Waals surface area contributed by atoms with Crippen molar-refractivity contribution in [3.05, 3.63) is 64.3 Å². The number of fused-ring (bicyclic) bond motifs is 1. The molecular weight excluding hydrogens is 629 g/mol. The van der Waals surface area contributed by atoms with Crippen molar-refractivity contribution in [2.45, 2.75) is 82.1 Å². The van der Waals surface area contributed by atoms with E-state index < -0.39 is 35.7 Å². The molecule has 0 unspecified atom stereocenters. The lowest BCUT2D eigenvalue weighted by Gasteiger charge is -2.53. The number of ether oxygens (including phenoxy) is 2. The van der Waals surface area contributed by atoms with Crippen LogP contribution in [-0.2, 0) is 20.7 Å². The number of benzene rings is 2. The highest BCUT2D eigenvalue weighted by atomic mass is 35.5. The number of likely N-dealkylation sites (tertiary alicyclic amines) is 1. The number of alkyl carbamates (subject to hydrolysis) is 1. The first-order chi connectivity index (χ1) is 22.1. The van der Waals surface area contributed by atoms with Gasteiger partial charge in [-0.2, -0.15) is 0 Å². The predicted molar refractivity (Wildman–Crippen MR) is 174 cm³/mol. The second-order valence-corrected chi connectivity index (χ2v) is 14.8. The van der Waals surface area contributed by atoms with Gasteiger partial charge >= 0.3 is 12.1 Å². The first-order valence-electron chi connectivity index (χ1n) is 16.3. The van der Waals surface area contributed by atoms with Crippen molar-refractivity contribution < 1.29 is 29.0 Å². The van der Waals surface area contributed by atoms with Gasteiger partial charge in [-0.25, -0.2) is 9.59 Å². The Kier molecular flexibility index (Phi) is 8.34. The van der Waals surface area contributed by atoms with Crippen molar-refractivity contribution >= 4 is 52.1 Å². The lowest BCUT2D eigenvalue weighted by molar-refractivity contribution is -0.157. The number of carboxylic acids is 1. The zero-order valence-electron chi connectivity index (χ0n) is 25.7. The summed E-state index contributed by atoms with van der Waals surface area (Å²) in [6.07, 6.45) is 6.82.